The van der Waals surface area contributed by atoms with Crippen molar-refractivity contribution < 1.29 is 24.9 Å². The lowest BCUT2D eigenvalue weighted by Gasteiger charge is -2.17. The summed E-state index contributed by atoms with van der Waals surface area (Å²) in [5.41, 5.74) is 0.852. The largest absolute Gasteiger partial charge is 0.445 e. The molecule has 6 heteroatoms. The molecule has 0 saturated heterocycles. The smallest absolute Gasteiger partial charge is 0.407 e. The predicted molar refractivity (Wildman–Crippen MR) is 66.2 cm³/mol. The Morgan fingerprint density at radius 3 is 2.47 bits per heavy atom. The molecule has 0 aromatic heterocycles. The normalized spacial score (nSPS) is 30.1. The van der Waals surface area contributed by atoms with Crippen LogP contribution in [0.3, 0.4) is 0 Å². The van der Waals surface area contributed by atoms with Gasteiger partial charge in [0.25, 0.3) is 0 Å². The van der Waals surface area contributed by atoms with Crippen molar-refractivity contribution in [2.24, 2.45) is 0 Å². The van der Waals surface area contributed by atoms with Crippen LogP contribution in [0.1, 0.15) is 12.0 Å². The minimum absolute atomic E-state index is 0.1000. The number of carbonyl (C=O) groups excluding carboxylic acids is 1. The third kappa shape index (κ3) is 3.44. The summed E-state index contributed by atoms with van der Waals surface area (Å²) in [4.78, 5) is 11.5. The molecule has 1 saturated carbocycles. The number of aliphatic hydroxyl groups excluding tert-OH is 3. The molecule has 0 unspecified atom stereocenters. The van der Waals surface area contributed by atoms with Crippen LogP contribution in [0.15, 0.2) is 30.3 Å². The van der Waals surface area contributed by atoms with Gasteiger partial charge in [-0.15, -0.1) is 0 Å². The number of carbonyl (C=O) groups is 1. The highest BCUT2D eigenvalue weighted by Gasteiger charge is 2.41. The number of alkyl carbamates (subject to hydrolysis) is 1. The van der Waals surface area contributed by atoms with Crippen LogP contribution in [0, 0.1) is 0 Å². The fraction of sp³-hybridized carbons (Fsp3) is 0.462. The van der Waals surface area contributed by atoms with Gasteiger partial charge in [-0.25, -0.2) is 4.79 Å². The Hall–Kier alpha value is -1.63. The number of benzene rings is 1. The van der Waals surface area contributed by atoms with Gasteiger partial charge < -0.3 is 25.4 Å². The molecule has 19 heavy (non-hydrogen) atoms. The van der Waals surface area contributed by atoms with E-state index in [0.29, 0.717) is 0 Å². The number of hydrogen-bond acceptors (Lipinski definition) is 5. The van der Waals surface area contributed by atoms with Gasteiger partial charge in [0, 0.05) is 0 Å². The van der Waals surface area contributed by atoms with E-state index in [-0.39, 0.29) is 13.0 Å². The summed E-state index contributed by atoms with van der Waals surface area (Å²) in [5.74, 6) is 0. The van der Waals surface area contributed by atoms with E-state index >= 15 is 0 Å². The molecule has 104 valence electrons. The lowest BCUT2D eigenvalue weighted by atomic mass is 10.2. The van der Waals surface area contributed by atoms with E-state index in [1.54, 1.807) is 0 Å². The average Bonchev–Trinajstić information content (AvgIpc) is 2.65. The first kappa shape index (κ1) is 13.8. The zero-order chi connectivity index (χ0) is 13.8. The fourth-order valence-corrected chi connectivity index (χ4v) is 2.07. The first-order chi connectivity index (χ1) is 9.08. The quantitative estimate of drug-likeness (QED) is 0.606. The minimum Gasteiger partial charge on any atom is -0.445 e. The molecule has 0 radical (unpaired) electrons. The minimum atomic E-state index is -1.24. The number of ether oxygens (including phenoxy) is 1. The first-order valence-electron chi connectivity index (χ1n) is 6.09. The molecule has 1 amide bonds. The zero-order valence-electron chi connectivity index (χ0n) is 10.3. The third-order valence-electron chi connectivity index (χ3n) is 3.17. The zero-order valence-corrected chi connectivity index (χ0v) is 10.3. The second-order valence-electron chi connectivity index (χ2n) is 4.60. The van der Waals surface area contributed by atoms with Crippen LogP contribution in [-0.4, -0.2) is 45.8 Å². The fourth-order valence-electron chi connectivity index (χ4n) is 2.07. The van der Waals surface area contributed by atoms with E-state index < -0.39 is 30.4 Å². The van der Waals surface area contributed by atoms with Crippen LogP contribution < -0.4 is 5.32 Å². The van der Waals surface area contributed by atoms with Crippen molar-refractivity contribution in [3.63, 3.8) is 0 Å². The van der Waals surface area contributed by atoms with Crippen molar-refractivity contribution in [1.29, 1.82) is 0 Å². The summed E-state index contributed by atoms with van der Waals surface area (Å²) in [7, 11) is 0. The van der Waals surface area contributed by atoms with E-state index in [0.717, 1.165) is 5.56 Å². The molecule has 0 heterocycles. The van der Waals surface area contributed by atoms with Crippen LogP contribution in [0.4, 0.5) is 4.79 Å². The second-order valence-corrected chi connectivity index (χ2v) is 4.60. The van der Waals surface area contributed by atoms with Gasteiger partial charge in [0.05, 0.1) is 12.1 Å². The Labute approximate surface area is 110 Å². The maximum absolute atomic E-state index is 11.5. The van der Waals surface area contributed by atoms with Gasteiger partial charge in [0.2, 0.25) is 0 Å². The molecule has 0 aliphatic heterocycles. The third-order valence-corrected chi connectivity index (χ3v) is 3.17. The van der Waals surface area contributed by atoms with Crippen LogP contribution in [0.25, 0.3) is 0 Å². The Balaban J connectivity index is 1.79. The van der Waals surface area contributed by atoms with Gasteiger partial charge in [0.1, 0.15) is 18.8 Å². The molecule has 1 aliphatic rings. The monoisotopic (exact) mass is 267 g/mol. The topological polar surface area (TPSA) is 99.0 Å². The SMILES string of the molecule is O=C(N[C@H]1C[C@@H](O)[C@H](O)[C@@H]1O)OCc1ccccc1. The lowest BCUT2D eigenvalue weighted by Crippen LogP contribution is -2.43. The van der Waals surface area contributed by atoms with Crippen LogP contribution in [-0.2, 0) is 11.3 Å². The van der Waals surface area contributed by atoms with Crippen molar-refractivity contribution >= 4 is 6.09 Å². The van der Waals surface area contributed by atoms with Gasteiger partial charge in [-0.05, 0) is 12.0 Å². The molecule has 1 aromatic rings. The maximum Gasteiger partial charge on any atom is 0.407 e. The highest BCUT2D eigenvalue weighted by atomic mass is 16.5. The van der Waals surface area contributed by atoms with E-state index in [9.17, 15) is 20.1 Å². The summed E-state index contributed by atoms with van der Waals surface area (Å²) < 4.78 is 4.98. The highest BCUT2D eigenvalue weighted by molar-refractivity contribution is 5.67. The standard InChI is InChI=1S/C13H17NO5/c15-10-6-9(11(16)12(10)17)14-13(18)19-7-8-4-2-1-3-5-8/h1-5,9-12,15-17H,6-7H2,(H,14,18)/t9-,10+,11+,12-/m0/s1. The molecule has 2 rings (SSSR count). The van der Waals surface area contributed by atoms with Gasteiger partial charge in [-0.2, -0.15) is 0 Å². The van der Waals surface area contributed by atoms with Crippen LogP contribution in [0.2, 0.25) is 0 Å². The Morgan fingerprint density at radius 2 is 1.89 bits per heavy atom. The average molecular weight is 267 g/mol. The maximum atomic E-state index is 11.5. The summed E-state index contributed by atoms with van der Waals surface area (Å²) in [5, 5.41) is 30.7. The summed E-state index contributed by atoms with van der Waals surface area (Å²) >= 11 is 0. The Kier molecular flexibility index (Phi) is 4.36. The van der Waals surface area contributed by atoms with Crippen LogP contribution in [0.5, 0.6) is 0 Å². The summed E-state index contributed by atoms with van der Waals surface area (Å²) in [6.45, 7) is 0.126. The first-order valence-corrected chi connectivity index (χ1v) is 6.09. The van der Waals surface area contributed by atoms with Gasteiger partial charge in [-0.1, -0.05) is 30.3 Å². The summed E-state index contributed by atoms with van der Waals surface area (Å²) in [6, 6.07) is 8.49. The molecule has 4 N–H and O–H groups in total. The number of nitrogens with one attached hydrogen (secondary N) is 1. The molecule has 0 bridgehead atoms. The van der Waals surface area contributed by atoms with Crippen LogP contribution >= 0.6 is 0 Å². The molecule has 1 aromatic carbocycles. The molecular formula is C13H17NO5. The van der Waals surface area contributed by atoms with Gasteiger partial charge in [-0.3, -0.25) is 0 Å². The van der Waals surface area contributed by atoms with E-state index in [4.69, 9.17) is 4.74 Å². The molecule has 4 atom stereocenters. The molecule has 1 fully saturated rings. The Bertz CT molecular complexity index is 424. The molecule has 6 nitrogen and oxygen atoms in total. The van der Waals surface area contributed by atoms with Crippen molar-refractivity contribution in [2.75, 3.05) is 0 Å². The lowest BCUT2D eigenvalue weighted by molar-refractivity contribution is -0.0223. The van der Waals surface area contributed by atoms with Crippen molar-refractivity contribution in [3.8, 4) is 0 Å². The molecule has 1 aliphatic carbocycles. The van der Waals surface area contributed by atoms with Crippen molar-refractivity contribution in [1.82, 2.24) is 5.32 Å². The van der Waals surface area contributed by atoms with E-state index in [1.807, 2.05) is 30.3 Å². The highest BCUT2D eigenvalue weighted by Crippen LogP contribution is 2.20. The van der Waals surface area contributed by atoms with E-state index in [1.165, 1.54) is 0 Å². The summed E-state index contributed by atoms with van der Waals surface area (Å²) in [6.07, 6.45) is -4.04. The number of hydrogen-bond donors (Lipinski definition) is 4. The van der Waals surface area contributed by atoms with Gasteiger partial charge >= 0.3 is 6.09 Å². The number of amides is 1. The van der Waals surface area contributed by atoms with Crippen molar-refractivity contribution in [3.05, 3.63) is 35.9 Å². The predicted octanol–water partition coefficient (Wildman–Crippen LogP) is -0.232. The number of rotatable bonds is 3. The van der Waals surface area contributed by atoms with E-state index in [2.05, 4.69) is 5.32 Å². The Morgan fingerprint density at radius 1 is 1.21 bits per heavy atom. The van der Waals surface area contributed by atoms with Crippen molar-refractivity contribution in [2.45, 2.75) is 37.4 Å². The molecule has 0 spiro atoms. The molecular weight excluding hydrogens is 250 g/mol. The number of aliphatic hydroxyl groups is 3. The van der Waals surface area contributed by atoms with Gasteiger partial charge in [0.15, 0.2) is 0 Å². The second kappa shape index (κ2) is 6.01.